The zero-order chi connectivity index (χ0) is 27.3. The van der Waals surface area contributed by atoms with E-state index in [2.05, 4.69) is 71.7 Å². The van der Waals surface area contributed by atoms with Crippen LogP contribution in [0.4, 0.5) is 5.69 Å². The number of nitrogens with one attached hydrogen (secondary N) is 2. The average Bonchev–Trinajstić information content (AvgIpc) is 3.60. The second-order valence-electron chi connectivity index (χ2n) is 7.44. The number of hydrogen-bond donors (Lipinski definition) is 2. The fourth-order valence-electron chi connectivity index (χ4n) is 3.03. The van der Waals surface area contributed by atoms with Crippen molar-refractivity contribution in [2.45, 2.75) is 81.2 Å². The third-order valence-electron chi connectivity index (χ3n) is 4.57. The first kappa shape index (κ1) is 33.4. The molecule has 5 nitrogen and oxygen atoms in total. The summed E-state index contributed by atoms with van der Waals surface area (Å²) in [4.78, 5) is 12.4. The van der Waals surface area contributed by atoms with Crippen LogP contribution in [0.5, 0.6) is 0 Å². The number of aromatic nitrogens is 3. The summed E-state index contributed by atoms with van der Waals surface area (Å²) >= 11 is 0. The second kappa shape index (κ2) is 20.5. The van der Waals surface area contributed by atoms with Gasteiger partial charge in [0, 0.05) is 25.6 Å². The van der Waals surface area contributed by atoms with Crippen LogP contribution in [0.15, 0.2) is 59.3 Å². The molecule has 0 radical (unpaired) electrons. The van der Waals surface area contributed by atoms with E-state index in [0.29, 0.717) is 0 Å². The number of nitrogens with zero attached hydrogens (tertiary/aromatic N) is 2. The molecule has 0 fully saturated rings. The molecular weight excluding hydrogens is 463 g/mol. The molecule has 3 heterocycles. The lowest BCUT2D eigenvalue weighted by atomic mass is 10.2. The molecular formula is C30H49N4OP. The predicted molar refractivity (Wildman–Crippen MR) is 162 cm³/mol. The maximum atomic E-state index is 5.40. The standard InChI is InChI=1S/C21H23N4OP.C3H8.3C2H6/c1-27(2)17-8-5-15(6-9-17)14-23-18-11-12-22-21-20(18)24-19(25-21)10-7-16-4-3-13-26-16;1-3-2;3*1-2/h3-6,8-9,11-13H,7,10,14H2,1-2H3,(H2,22,23,24,25);3H2,1-2H3;3*1-2H3. The van der Waals surface area contributed by atoms with E-state index in [9.17, 15) is 0 Å². The number of hydrogen-bond acceptors (Lipinski definition) is 4. The van der Waals surface area contributed by atoms with Gasteiger partial charge in [-0.2, -0.15) is 0 Å². The van der Waals surface area contributed by atoms with Gasteiger partial charge in [0.05, 0.1) is 12.0 Å². The van der Waals surface area contributed by atoms with Gasteiger partial charge in [-0.15, -0.1) is 0 Å². The van der Waals surface area contributed by atoms with Gasteiger partial charge in [-0.25, -0.2) is 9.97 Å². The highest BCUT2D eigenvalue weighted by Gasteiger charge is 2.09. The Morgan fingerprint density at radius 2 is 1.53 bits per heavy atom. The van der Waals surface area contributed by atoms with Gasteiger partial charge in [-0.3, -0.25) is 0 Å². The first-order chi connectivity index (χ1) is 17.6. The van der Waals surface area contributed by atoms with E-state index in [1.165, 1.54) is 17.3 Å². The van der Waals surface area contributed by atoms with Crippen LogP contribution in [0.1, 0.15) is 79.0 Å². The summed E-state index contributed by atoms with van der Waals surface area (Å²) in [7, 11) is -0.0480. The van der Waals surface area contributed by atoms with Crippen molar-refractivity contribution in [2.75, 3.05) is 18.6 Å². The van der Waals surface area contributed by atoms with Crippen LogP contribution in [0.2, 0.25) is 0 Å². The quantitative estimate of drug-likeness (QED) is 0.243. The summed E-state index contributed by atoms with van der Waals surface area (Å²) < 4.78 is 5.40. The molecule has 0 aliphatic rings. The second-order valence-corrected chi connectivity index (χ2v) is 9.75. The summed E-state index contributed by atoms with van der Waals surface area (Å²) in [5.74, 6) is 1.89. The molecule has 6 heteroatoms. The maximum absolute atomic E-state index is 5.40. The van der Waals surface area contributed by atoms with Gasteiger partial charge in [0.25, 0.3) is 0 Å². The normalized spacial score (nSPS) is 9.53. The van der Waals surface area contributed by atoms with Crippen molar-refractivity contribution >= 4 is 30.1 Å². The van der Waals surface area contributed by atoms with Crippen LogP contribution in [0.3, 0.4) is 0 Å². The lowest BCUT2D eigenvalue weighted by molar-refractivity contribution is 0.507. The van der Waals surface area contributed by atoms with Gasteiger partial charge >= 0.3 is 0 Å². The Morgan fingerprint density at radius 3 is 2.08 bits per heavy atom. The minimum Gasteiger partial charge on any atom is -0.469 e. The van der Waals surface area contributed by atoms with Crippen molar-refractivity contribution in [1.82, 2.24) is 15.0 Å². The number of pyridine rings is 1. The SMILES string of the molecule is CC.CC.CC.CCC.CP(C)c1ccc(CNc2ccnc3nc(CCc4ccco4)[nH]c23)cc1. The molecule has 0 bridgehead atoms. The van der Waals surface area contributed by atoms with E-state index in [-0.39, 0.29) is 7.92 Å². The van der Waals surface area contributed by atoms with Gasteiger partial charge in [0.2, 0.25) is 0 Å². The molecule has 4 aromatic rings. The van der Waals surface area contributed by atoms with Gasteiger partial charge in [-0.1, -0.05) is 94.0 Å². The molecule has 4 rings (SSSR count). The zero-order valence-corrected chi connectivity index (χ0v) is 25.2. The van der Waals surface area contributed by atoms with Gasteiger partial charge < -0.3 is 14.7 Å². The molecule has 0 spiro atoms. The van der Waals surface area contributed by atoms with Crippen LogP contribution in [-0.2, 0) is 19.4 Å². The Morgan fingerprint density at radius 1 is 0.889 bits per heavy atom. The fourth-order valence-corrected chi connectivity index (χ4v) is 3.78. The molecule has 0 saturated carbocycles. The Bertz CT molecular complexity index is 1020. The van der Waals surface area contributed by atoms with Crippen LogP contribution in [-0.4, -0.2) is 28.3 Å². The lowest BCUT2D eigenvalue weighted by Crippen LogP contribution is -2.03. The molecule has 3 aromatic heterocycles. The molecule has 0 atom stereocenters. The van der Waals surface area contributed by atoms with Crippen molar-refractivity contribution in [3.63, 3.8) is 0 Å². The number of furan rings is 1. The molecule has 0 aliphatic heterocycles. The summed E-state index contributed by atoms with van der Waals surface area (Å²) in [6.07, 6.45) is 6.36. The topological polar surface area (TPSA) is 66.7 Å². The van der Waals surface area contributed by atoms with E-state index in [0.717, 1.165) is 47.8 Å². The molecule has 0 saturated heterocycles. The van der Waals surface area contributed by atoms with Gasteiger partial charge in [-0.05, 0) is 42.4 Å². The smallest absolute Gasteiger partial charge is 0.179 e. The predicted octanol–water partition coefficient (Wildman–Crippen LogP) is 8.81. The average molecular weight is 513 g/mol. The minimum atomic E-state index is -0.0480. The number of benzene rings is 1. The third-order valence-corrected chi connectivity index (χ3v) is 5.90. The van der Waals surface area contributed by atoms with Gasteiger partial charge in [0.1, 0.15) is 17.1 Å². The number of rotatable bonds is 7. The Balaban J connectivity index is 0.00000122. The van der Waals surface area contributed by atoms with E-state index in [1.807, 2.05) is 59.7 Å². The van der Waals surface area contributed by atoms with Crippen molar-refractivity contribution in [3.05, 3.63) is 72.1 Å². The summed E-state index contributed by atoms with van der Waals surface area (Å²) in [5, 5.41) is 4.94. The molecule has 36 heavy (non-hydrogen) atoms. The van der Waals surface area contributed by atoms with Crippen LogP contribution < -0.4 is 10.6 Å². The molecule has 1 aromatic carbocycles. The summed E-state index contributed by atoms with van der Waals surface area (Å²) in [6.45, 7) is 21.6. The number of aryl methyl sites for hydroxylation is 2. The fraction of sp³-hybridized carbons (Fsp3) is 0.467. The highest BCUT2D eigenvalue weighted by atomic mass is 31.1. The summed E-state index contributed by atoms with van der Waals surface area (Å²) in [6, 6.07) is 14.7. The number of imidazole rings is 1. The monoisotopic (exact) mass is 512 g/mol. The number of fused-ring (bicyclic) bond motifs is 1. The first-order valence-corrected chi connectivity index (χ1v) is 15.7. The first-order valence-electron chi connectivity index (χ1n) is 13.5. The van der Waals surface area contributed by atoms with Gasteiger partial charge in [0.15, 0.2) is 5.65 Å². The lowest BCUT2D eigenvalue weighted by Gasteiger charge is -2.09. The highest BCUT2D eigenvalue weighted by molar-refractivity contribution is 7.64. The van der Waals surface area contributed by atoms with Crippen LogP contribution in [0, 0.1) is 0 Å². The zero-order valence-electron chi connectivity index (χ0n) is 24.3. The van der Waals surface area contributed by atoms with Crippen LogP contribution >= 0.6 is 7.92 Å². The largest absolute Gasteiger partial charge is 0.469 e. The number of aromatic amines is 1. The third kappa shape index (κ3) is 11.4. The Labute approximate surface area is 221 Å². The summed E-state index contributed by atoms with van der Waals surface area (Å²) in [5.41, 5.74) is 3.98. The number of H-pyrrole nitrogens is 1. The molecule has 0 unspecified atom stereocenters. The Kier molecular flexibility index (Phi) is 19.0. The van der Waals surface area contributed by atoms with Crippen LogP contribution in [0.25, 0.3) is 11.2 Å². The number of anilines is 1. The maximum Gasteiger partial charge on any atom is 0.179 e. The van der Waals surface area contributed by atoms with Crippen molar-refractivity contribution in [2.24, 2.45) is 0 Å². The molecule has 200 valence electrons. The molecule has 2 N–H and O–H groups in total. The highest BCUT2D eigenvalue weighted by Crippen LogP contribution is 2.24. The van der Waals surface area contributed by atoms with E-state index >= 15 is 0 Å². The van der Waals surface area contributed by atoms with E-state index < -0.39 is 0 Å². The Hall–Kier alpha value is -2.65. The molecule has 0 amide bonds. The van der Waals surface area contributed by atoms with Crippen molar-refractivity contribution < 1.29 is 4.42 Å². The van der Waals surface area contributed by atoms with Crippen molar-refractivity contribution in [1.29, 1.82) is 0 Å². The minimum absolute atomic E-state index is 0.0480. The molecule has 0 aliphatic carbocycles. The van der Waals surface area contributed by atoms with Crippen molar-refractivity contribution in [3.8, 4) is 0 Å². The van der Waals surface area contributed by atoms with E-state index in [1.54, 1.807) is 12.5 Å². The van der Waals surface area contributed by atoms with E-state index in [4.69, 9.17) is 4.42 Å².